The fourth-order valence-electron chi connectivity index (χ4n) is 3.22. The monoisotopic (exact) mass is 320 g/mol. The van der Waals surface area contributed by atoms with Crippen molar-refractivity contribution in [3.05, 3.63) is 0 Å². The molecule has 0 aliphatic carbocycles. The second-order valence-electron chi connectivity index (χ2n) is 5.90. The Kier molecular flexibility index (Phi) is 5.20. The first-order valence-corrected chi connectivity index (χ1v) is 7.39. The number of esters is 1. The molecule has 2 saturated heterocycles. The third kappa shape index (κ3) is 3.85. The van der Waals surface area contributed by atoms with E-state index in [2.05, 4.69) is 0 Å². The van der Waals surface area contributed by atoms with E-state index in [0.29, 0.717) is 32.5 Å². The molecule has 0 saturated carbocycles. The molecule has 0 N–H and O–H groups in total. The van der Waals surface area contributed by atoms with E-state index in [1.165, 1.54) is 19.1 Å². The number of halogens is 2. The summed E-state index contributed by atoms with van der Waals surface area (Å²) < 4.78 is 36.1. The maximum atomic E-state index is 13.3. The minimum atomic E-state index is -2.67. The highest BCUT2D eigenvalue weighted by molar-refractivity contribution is 5.73. The standard InChI is InChI=1S/C14H22F2N2O4/c1-21-12(19)10-3-5-18(13(20)22-2)11(7-10)8-17-6-4-14(15,16)9-17/h10-11H,3-9H2,1-2H3. The molecule has 0 radical (unpaired) electrons. The molecule has 126 valence electrons. The molecule has 22 heavy (non-hydrogen) atoms. The number of carbonyl (C=O) groups excluding carboxylic acids is 2. The molecule has 2 aliphatic heterocycles. The van der Waals surface area contributed by atoms with Gasteiger partial charge in [-0.2, -0.15) is 0 Å². The summed E-state index contributed by atoms with van der Waals surface area (Å²) in [6.45, 7) is 0.669. The van der Waals surface area contributed by atoms with Crippen LogP contribution in [0.15, 0.2) is 0 Å². The van der Waals surface area contributed by atoms with Crippen molar-refractivity contribution < 1.29 is 27.8 Å². The first kappa shape index (κ1) is 16.9. The van der Waals surface area contributed by atoms with Crippen molar-refractivity contribution in [2.45, 2.75) is 31.2 Å². The van der Waals surface area contributed by atoms with Gasteiger partial charge in [0, 0.05) is 32.1 Å². The zero-order valence-electron chi connectivity index (χ0n) is 12.9. The lowest BCUT2D eigenvalue weighted by atomic mass is 9.90. The van der Waals surface area contributed by atoms with Crippen LogP contribution in [-0.2, 0) is 14.3 Å². The van der Waals surface area contributed by atoms with Crippen LogP contribution in [0.2, 0.25) is 0 Å². The zero-order chi connectivity index (χ0) is 16.3. The van der Waals surface area contributed by atoms with Crippen molar-refractivity contribution in [1.82, 2.24) is 9.80 Å². The molecule has 0 aromatic carbocycles. The first-order chi connectivity index (χ1) is 10.4. The molecule has 0 aromatic heterocycles. The van der Waals surface area contributed by atoms with Crippen molar-refractivity contribution in [2.24, 2.45) is 5.92 Å². The van der Waals surface area contributed by atoms with Gasteiger partial charge in [0.05, 0.1) is 26.7 Å². The number of nitrogens with zero attached hydrogens (tertiary/aromatic N) is 2. The molecule has 2 fully saturated rings. The second kappa shape index (κ2) is 6.76. The predicted octanol–water partition coefficient (Wildman–Crippen LogP) is 1.35. The van der Waals surface area contributed by atoms with E-state index >= 15 is 0 Å². The molecule has 0 aromatic rings. The van der Waals surface area contributed by atoms with Crippen LogP contribution >= 0.6 is 0 Å². The Morgan fingerprint density at radius 1 is 1.23 bits per heavy atom. The number of hydrogen-bond acceptors (Lipinski definition) is 5. The minimum absolute atomic E-state index is 0.168. The van der Waals surface area contributed by atoms with Gasteiger partial charge in [0.15, 0.2) is 0 Å². The zero-order valence-corrected chi connectivity index (χ0v) is 12.9. The van der Waals surface area contributed by atoms with E-state index in [1.807, 2.05) is 0 Å². The number of rotatable bonds is 3. The molecule has 2 rings (SSSR count). The largest absolute Gasteiger partial charge is 0.469 e. The average molecular weight is 320 g/mol. The summed E-state index contributed by atoms with van der Waals surface area (Å²) in [7, 11) is 2.61. The van der Waals surface area contributed by atoms with Crippen LogP contribution in [-0.4, -0.2) is 74.2 Å². The summed E-state index contributed by atoms with van der Waals surface area (Å²) in [6.07, 6.45) is 0.246. The quantitative estimate of drug-likeness (QED) is 0.735. The van der Waals surface area contributed by atoms with Crippen LogP contribution in [0.25, 0.3) is 0 Å². The summed E-state index contributed by atoms with van der Waals surface area (Å²) in [5.41, 5.74) is 0. The maximum Gasteiger partial charge on any atom is 0.409 e. The lowest BCUT2D eigenvalue weighted by Gasteiger charge is -2.39. The van der Waals surface area contributed by atoms with Gasteiger partial charge in [0.25, 0.3) is 5.92 Å². The summed E-state index contributed by atoms with van der Waals surface area (Å²) in [4.78, 5) is 26.7. The first-order valence-electron chi connectivity index (χ1n) is 7.39. The Balaban J connectivity index is 2.03. The number of hydrogen-bond donors (Lipinski definition) is 0. The number of methoxy groups -OCH3 is 2. The number of carbonyl (C=O) groups is 2. The van der Waals surface area contributed by atoms with Gasteiger partial charge in [0.2, 0.25) is 0 Å². The SMILES string of the molecule is COC(=O)C1CCN(C(=O)OC)C(CN2CCC(F)(F)C2)C1. The molecule has 0 spiro atoms. The maximum absolute atomic E-state index is 13.3. The highest BCUT2D eigenvalue weighted by Crippen LogP contribution is 2.30. The molecule has 0 bridgehead atoms. The Bertz CT molecular complexity index is 433. The molecular formula is C14H22F2N2O4. The predicted molar refractivity (Wildman–Crippen MR) is 73.6 cm³/mol. The summed E-state index contributed by atoms with van der Waals surface area (Å²) in [5, 5.41) is 0. The van der Waals surface area contributed by atoms with E-state index in [-0.39, 0.29) is 30.9 Å². The average Bonchev–Trinajstić information content (AvgIpc) is 2.84. The van der Waals surface area contributed by atoms with Crippen LogP contribution in [0.3, 0.4) is 0 Å². The molecule has 8 heteroatoms. The van der Waals surface area contributed by atoms with E-state index in [9.17, 15) is 18.4 Å². The van der Waals surface area contributed by atoms with Crippen LogP contribution < -0.4 is 0 Å². The van der Waals surface area contributed by atoms with E-state index in [0.717, 1.165) is 0 Å². The van der Waals surface area contributed by atoms with Crippen molar-refractivity contribution in [3.8, 4) is 0 Å². The molecule has 2 atom stereocenters. The Morgan fingerprint density at radius 3 is 2.50 bits per heavy atom. The van der Waals surface area contributed by atoms with Gasteiger partial charge < -0.3 is 14.4 Å². The Labute approximate surface area is 128 Å². The highest BCUT2D eigenvalue weighted by Gasteiger charge is 2.42. The summed E-state index contributed by atoms with van der Waals surface area (Å²) in [6, 6.07) is -0.320. The van der Waals surface area contributed by atoms with Gasteiger partial charge in [-0.3, -0.25) is 9.69 Å². The van der Waals surface area contributed by atoms with E-state index < -0.39 is 12.0 Å². The molecule has 2 aliphatic rings. The fourth-order valence-corrected chi connectivity index (χ4v) is 3.22. The summed E-state index contributed by atoms with van der Waals surface area (Å²) in [5.74, 6) is -3.30. The molecule has 2 unspecified atom stereocenters. The number of piperidine rings is 1. The molecule has 6 nitrogen and oxygen atoms in total. The van der Waals surface area contributed by atoms with Crippen LogP contribution in [0.1, 0.15) is 19.3 Å². The van der Waals surface area contributed by atoms with E-state index in [4.69, 9.17) is 9.47 Å². The number of alkyl halides is 2. The topological polar surface area (TPSA) is 59.1 Å². The van der Waals surface area contributed by atoms with Gasteiger partial charge in [-0.15, -0.1) is 0 Å². The van der Waals surface area contributed by atoms with Crippen LogP contribution in [0.5, 0.6) is 0 Å². The number of likely N-dealkylation sites (tertiary alicyclic amines) is 2. The molecular weight excluding hydrogens is 298 g/mol. The third-order valence-electron chi connectivity index (χ3n) is 4.38. The highest BCUT2D eigenvalue weighted by atomic mass is 19.3. The van der Waals surface area contributed by atoms with Gasteiger partial charge in [-0.1, -0.05) is 0 Å². The van der Waals surface area contributed by atoms with E-state index in [1.54, 1.807) is 4.90 Å². The van der Waals surface area contributed by atoms with Gasteiger partial charge in [-0.05, 0) is 12.8 Å². The van der Waals surface area contributed by atoms with Gasteiger partial charge in [-0.25, -0.2) is 13.6 Å². The van der Waals surface area contributed by atoms with Gasteiger partial charge in [0.1, 0.15) is 0 Å². The molecule has 1 amide bonds. The molecule has 2 heterocycles. The van der Waals surface area contributed by atoms with Crippen molar-refractivity contribution >= 4 is 12.1 Å². The van der Waals surface area contributed by atoms with Crippen molar-refractivity contribution in [3.63, 3.8) is 0 Å². The van der Waals surface area contributed by atoms with Crippen LogP contribution in [0.4, 0.5) is 13.6 Å². The minimum Gasteiger partial charge on any atom is -0.469 e. The number of amides is 1. The number of ether oxygens (including phenoxy) is 2. The van der Waals surface area contributed by atoms with Crippen molar-refractivity contribution in [1.29, 1.82) is 0 Å². The summed E-state index contributed by atoms with van der Waals surface area (Å²) >= 11 is 0. The third-order valence-corrected chi connectivity index (χ3v) is 4.38. The normalized spacial score (nSPS) is 28.5. The van der Waals surface area contributed by atoms with Crippen LogP contribution in [0, 0.1) is 5.92 Å². The smallest absolute Gasteiger partial charge is 0.409 e. The second-order valence-corrected chi connectivity index (χ2v) is 5.90. The lowest BCUT2D eigenvalue weighted by Crippen LogP contribution is -2.52. The lowest BCUT2D eigenvalue weighted by molar-refractivity contribution is -0.147. The fraction of sp³-hybridized carbons (Fsp3) is 0.857. The Hall–Kier alpha value is -1.44. The van der Waals surface area contributed by atoms with Gasteiger partial charge >= 0.3 is 12.1 Å². The van der Waals surface area contributed by atoms with Crippen molar-refractivity contribution in [2.75, 3.05) is 40.4 Å². The Morgan fingerprint density at radius 2 is 1.95 bits per heavy atom.